The molecule has 30 heavy (non-hydrogen) atoms. The molecule has 0 fully saturated rings. The lowest BCUT2D eigenvalue weighted by Crippen LogP contribution is -2.47. The lowest BCUT2D eigenvalue weighted by atomic mass is 10.1. The van der Waals surface area contributed by atoms with Gasteiger partial charge in [-0.3, -0.25) is 9.10 Å². The largest absolute Gasteiger partial charge is 0.462 e. The summed E-state index contributed by atoms with van der Waals surface area (Å²) >= 11 is 0. The lowest BCUT2D eigenvalue weighted by molar-refractivity contribution is -0.117. The van der Waals surface area contributed by atoms with Gasteiger partial charge in [0.15, 0.2) is 0 Å². The molecule has 2 aromatic rings. The van der Waals surface area contributed by atoms with Crippen molar-refractivity contribution >= 4 is 33.3 Å². The number of anilines is 2. The monoisotopic (exact) mass is 432 g/mol. The van der Waals surface area contributed by atoms with Crippen LogP contribution in [0, 0.1) is 13.8 Å². The van der Waals surface area contributed by atoms with Crippen LogP contribution in [0.3, 0.4) is 0 Å². The molecule has 8 heteroatoms. The van der Waals surface area contributed by atoms with Gasteiger partial charge in [0, 0.05) is 5.69 Å². The fourth-order valence-electron chi connectivity index (χ4n) is 3.24. The molecule has 0 saturated carbocycles. The third-order valence-corrected chi connectivity index (χ3v) is 5.85. The smallest absolute Gasteiger partial charge is 0.338 e. The second-order valence-corrected chi connectivity index (χ2v) is 8.87. The number of carbonyl (C=O) groups excluding carboxylic acids is 2. The third-order valence-electron chi connectivity index (χ3n) is 4.67. The van der Waals surface area contributed by atoms with Crippen molar-refractivity contribution in [3.63, 3.8) is 0 Å². The second kappa shape index (κ2) is 9.75. The standard InChI is InChI=1S/C22H28N2O5S/c1-6-20(24(30(5,27)28)17-11-8-10-15(3)14-17)21(25)23-19-13-9-12-18(16(19)4)22(26)29-7-2/h8-14,20H,6-7H2,1-5H3,(H,23,25). The summed E-state index contributed by atoms with van der Waals surface area (Å²) in [5, 5.41) is 2.78. The SMILES string of the molecule is CCOC(=O)c1cccc(NC(=O)C(CC)N(c2cccc(C)c2)S(C)(=O)=O)c1C. The molecule has 2 rings (SSSR count). The highest BCUT2D eigenvalue weighted by molar-refractivity contribution is 7.92. The van der Waals surface area contributed by atoms with Crippen LogP contribution in [-0.2, 0) is 19.6 Å². The van der Waals surface area contributed by atoms with E-state index in [1.807, 2.05) is 13.0 Å². The maximum atomic E-state index is 13.1. The number of nitrogens with zero attached hydrogens (tertiary/aromatic N) is 1. The summed E-state index contributed by atoms with van der Waals surface area (Å²) in [6.45, 7) is 7.27. The Morgan fingerprint density at radius 3 is 2.33 bits per heavy atom. The van der Waals surface area contributed by atoms with Crippen LogP contribution >= 0.6 is 0 Å². The molecule has 0 bridgehead atoms. The Bertz CT molecular complexity index is 1030. The van der Waals surface area contributed by atoms with Gasteiger partial charge in [-0.2, -0.15) is 0 Å². The number of aryl methyl sites for hydroxylation is 1. The van der Waals surface area contributed by atoms with Crippen molar-refractivity contribution in [2.45, 2.75) is 40.2 Å². The first-order chi connectivity index (χ1) is 14.1. The van der Waals surface area contributed by atoms with Crippen LogP contribution in [0.2, 0.25) is 0 Å². The quantitative estimate of drug-likeness (QED) is 0.643. The molecular formula is C22H28N2O5S. The zero-order valence-electron chi connectivity index (χ0n) is 17.9. The average molecular weight is 433 g/mol. The molecule has 0 aliphatic heterocycles. The van der Waals surface area contributed by atoms with Crippen molar-refractivity contribution in [3.05, 3.63) is 59.2 Å². The third kappa shape index (κ3) is 5.38. The number of amides is 1. The summed E-state index contributed by atoms with van der Waals surface area (Å²) in [7, 11) is -3.72. The Balaban J connectivity index is 2.40. The van der Waals surface area contributed by atoms with Gasteiger partial charge in [-0.1, -0.05) is 25.1 Å². The van der Waals surface area contributed by atoms with E-state index in [0.29, 0.717) is 22.5 Å². The Morgan fingerprint density at radius 2 is 1.77 bits per heavy atom. The van der Waals surface area contributed by atoms with Crippen LogP contribution in [0.5, 0.6) is 0 Å². The van der Waals surface area contributed by atoms with Crippen LogP contribution in [0.25, 0.3) is 0 Å². The molecule has 1 N–H and O–H groups in total. The fraction of sp³-hybridized carbons (Fsp3) is 0.364. The van der Waals surface area contributed by atoms with Crippen LogP contribution in [0.4, 0.5) is 11.4 Å². The van der Waals surface area contributed by atoms with Gasteiger partial charge in [-0.25, -0.2) is 13.2 Å². The van der Waals surface area contributed by atoms with Crippen molar-refractivity contribution in [2.75, 3.05) is 22.5 Å². The summed E-state index contributed by atoms with van der Waals surface area (Å²) in [5.74, 6) is -0.954. The number of hydrogen-bond acceptors (Lipinski definition) is 5. The van der Waals surface area contributed by atoms with E-state index in [4.69, 9.17) is 4.74 Å². The Kier molecular flexibility index (Phi) is 7.61. The molecule has 0 aromatic heterocycles. The van der Waals surface area contributed by atoms with Crippen molar-refractivity contribution < 1.29 is 22.7 Å². The van der Waals surface area contributed by atoms with E-state index in [9.17, 15) is 18.0 Å². The molecular weight excluding hydrogens is 404 g/mol. The van der Waals surface area contributed by atoms with Crippen LogP contribution in [0.15, 0.2) is 42.5 Å². The highest BCUT2D eigenvalue weighted by atomic mass is 32.2. The normalized spacial score (nSPS) is 12.2. The first kappa shape index (κ1) is 23.4. The average Bonchev–Trinajstić information content (AvgIpc) is 2.66. The molecule has 162 valence electrons. The maximum Gasteiger partial charge on any atom is 0.338 e. The highest BCUT2D eigenvalue weighted by Gasteiger charge is 2.32. The van der Waals surface area contributed by atoms with Crippen LogP contribution in [0.1, 0.15) is 41.8 Å². The van der Waals surface area contributed by atoms with Gasteiger partial charge in [-0.05, 0) is 62.6 Å². The zero-order valence-corrected chi connectivity index (χ0v) is 18.7. The van der Waals surface area contributed by atoms with E-state index in [0.717, 1.165) is 16.1 Å². The van der Waals surface area contributed by atoms with Crippen LogP contribution < -0.4 is 9.62 Å². The first-order valence-corrected chi connectivity index (χ1v) is 11.6. The van der Waals surface area contributed by atoms with Crippen molar-refractivity contribution in [1.29, 1.82) is 0 Å². The summed E-state index contributed by atoms with van der Waals surface area (Å²) in [6.07, 6.45) is 1.35. The number of ether oxygens (including phenoxy) is 1. The predicted molar refractivity (Wildman–Crippen MR) is 118 cm³/mol. The number of benzene rings is 2. The molecule has 0 radical (unpaired) electrons. The zero-order chi connectivity index (χ0) is 22.5. The molecule has 1 amide bonds. The van der Waals surface area contributed by atoms with Gasteiger partial charge in [0.1, 0.15) is 6.04 Å². The number of nitrogens with one attached hydrogen (secondary N) is 1. The Morgan fingerprint density at radius 1 is 1.10 bits per heavy atom. The van der Waals surface area contributed by atoms with E-state index in [2.05, 4.69) is 5.32 Å². The van der Waals surface area contributed by atoms with Gasteiger partial charge < -0.3 is 10.1 Å². The van der Waals surface area contributed by atoms with E-state index < -0.39 is 27.9 Å². The highest BCUT2D eigenvalue weighted by Crippen LogP contribution is 2.25. The minimum atomic E-state index is -3.72. The molecule has 1 atom stereocenters. The van der Waals surface area contributed by atoms with E-state index in [-0.39, 0.29) is 13.0 Å². The van der Waals surface area contributed by atoms with Gasteiger partial charge in [-0.15, -0.1) is 0 Å². The van der Waals surface area contributed by atoms with Gasteiger partial charge >= 0.3 is 5.97 Å². The van der Waals surface area contributed by atoms with E-state index in [1.165, 1.54) is 0 Å². The molecule has 1 unspecified atom stereocenters. The first-order valence-electron chi connectivity index (χ1n) is 9.73. The summed E-state index contributed by atoms with van der Waals surface area (Å²) in [6, 6.07) is 11.0. The fourth-order valence-corrected chi connectivity index (χ4v) is 4.45. The number of hydrogen-bond donors (Lipinski definition) is 1. The number of sulfonamides is 1. The summed E-state index contributed by atoms with van der Waals surface area (Å²) in [5.41, 5.74) is 2.65. The van der Waals surface area contributed by atoms with E-state index in [1.54, 1.807) is 57.2 Å². The number of esters is 1. The molecule has 0 aliphatic rings. The van der Waals surface area contributed by atoms with E-state index >= 15 is 0 Å². The number of rotatable bonds is 8. The maximum absolute atomic E-state index is 13.1. The summed E-state index contributed by atoms with van der Waals surface area (Å²) < 4.78 is 31.3. The summed E-state index contributed by atoms with van der Waals surface area (Å²) in [4.78, 5) is 25.2. The minimum Gasteiger partial charge on any atom is -0.462 e. The van der Waals surface area contributed by atoms with Crippen molar-refractivity contribution in [3.8, 4) is 0 Å². The Labute approximate surface area is 178 Å². The molecule has 0 heterocycles. The lowest BCUT2D eigenvalue weighted by Gasteiger charge is -2.30. The van der Waals surface area contributed by atoms with Crippen molar-refractivity contribution in [2.24, 2.45) is 0 Å². The van der Waals surface area contributed by atoms with Gasteiger partial charge in [0.2, 0.25) is 15.9 Å². The van der Waals surface area contributed by atoms with Crippen LogP contribution in [-0.4, -0.2) is 39.2 Å². The molecule has 0 spiro atoms. The number of carbonyl (C=O) groups is 2. The minimum absolute atomic E-state index is 0.243. The van der Waals surface area contributed by atoms with Crippen molar-refractivity contribution in [1.82, 2.24) is 0 Å². The second-order valence-electron chi connectivity index (χ2n) is 7.01. The van der Waals surface area contributed by atoms with Gasteiger partial charge in [0.05, 0.1) is 24.1 Å². The topological polar surface area (TPSA) is 92.8 Å². The molecule has 0 saturated heterocycles. The van der Waals surface area contributed by atoms with Gasteiger partial charge in [0.25, 0.3) is 0 Å². The molecule has 0 aliphatic carbocycles. The Hall–Kier alpha value is -2.87. The molecule has 2 aromatic carbocycles. The molecule has 7 nitrogen and oxygen atoms in total. The predicted octanol–water partition coefficient (Wildman–Crippen LogP) is 3.66.